The number of piperidine rings is 1. The fourth-order valence-electron chi connectivity index (χ4n) is 3.33. The average molecular weight is 317 g/mol. The van der Waals surface area contributed by atoms with E-state index in [0.29, 0.717) is 23.9 Å². The number of alkyl halides is 1. The molecule has 2 rings (SSSR count). The van der Waals surface area contributed by atoms with Crippen LogP contribution < -0.4 is 0 Å². The number of carbonyl (C=O) groups is 1. The van der Waals surface area contributed by atoms with E-state index in [1.165, 1.54) is 19.3 Å². The molecule has 1 amide bonds. The number of hydrogen-bond donors (Lipinski definition) is 0. The van der Waals surface area contributed by atoms with Crippen molar-refractivity contribution >= 4 is 21.8 Å². The van der Waals surface area contributed by atoms with Gasteiger partial charge in [-0.05, 0) is 32.6 Å². The molecule has 0 radical (unpaired) electrons. The number of amides is 1. The van der Waals surface area contributed by atoms with E-state index in [9.17, 15) is 4.79 Å². The quantitative estimate of drug-likeness (QED) is 0.744. The van der Waals surface area contributed by atoms with E-state index < -0.39 is 0 Å². The summed E-state index contributed by atoms with van der Waals surface area (Å²) < 4.78 is 0. The van der Waals surface area contributed by atoms with Crippen LogP contribution in [0.4, 0.5) is 0 Å². The first-order valence-electron chi connectivity index (χ1n) is 7.21. The summed E-state index contributed by atoms with van der Waals surface area (Å²) in [7, 11) is 0. The SMILES string of the molecule is CC1CCCC(C)N1CCN1CC(CBr)CC1=O. The van der Waals surface area contributed by atoms with Gasteiger partial charge in [0.15, 0.2) is 0 Å². The number of nitrogens with zero attached hydrogens (tertiary/aromatic N) is 2. The lowest BCUT2D eigenvalue weighted by molar-refractivity contribution is -0.128. The summed E-state index contributed by atoms with van der Waals surface area (Å²) in [6.07, 6.45) is 4.70. The highest BCUT2D eigenvalue weighted by molar-refractivity contribution is 9.09. The van der Waals surface area contributed by atoms with Crippen molar-refractivity contribution in [2.24, 2.45) is 5.92 Å². The maximum absolute atomic E-state index is 11.9. The standard InChI is InChI=1S/C14H25BrN2O/c1-11-4-3-5-12(2)17(11)7-6-16-10-13(9-15)8-14(16)18/h11-13H,3-10H2,1-2H3. The van der Waals surface area contributed by atoms with E-state index in [4.69, 9.17) is 0 Å². The van der Waals surface area contributed by atoms with Crippen molar-refractivity contribution in [3.8, 4) is 0 Å². The molecule has 0 saturated carbocycles. The molecule has 2 heterocycles. The molecule has 0 spiro atoms. The largest absolute Gasteiger partial charge is 0.341 e. The van der Waals surface area contributed by atoms with E-state index >= 15 is 0 Å². The molecule has 0 aliphatic carbocycles. The maximum atomic E-state index is 11.9. The van der Waals surface area contributed by atoms with Gasteiger partial charge in [0.05, 0.1) is 0 Å². The number of halogens is 1. The summed E-state index contributed by atoms with van der Waals surface area (Å²) >= 11 is 3.49. The third kappa shape index (κ3) is 3.27. The molecule has 2 aliphatic heterocycles. The Kier molecular flexibility index (Phi) is 5.07. The first kappa shape index (κ1) is 14.3. The van der Waals surface area contributed by atoms with Gasteiger partial charge in [0, 0.05) is 43.5 Å². The Morgan fingerprint density at radius 3 is 2.44 bits per heavy atom. The van der Waals surface area contributed by atoms with Crippen molar-refractivity contribution in [2.75, 3.05) is 25.0 Å². The lowest BCUT2D eigenvalue weighted by atomic mass is 9.97. The van der Waals surface area contributed by atoms with Crippen LogP contribution in [-0.2, 0) is 4.79 Å². The molecule has 2 saturated heterocycles. The zero-order valence-electron chi connectivity index (χ0n) is 11.6. The molecule has 104 valence electrons. The summed E-state index contributed by atoms with van der Waals surface area (Å²) in [6, 6.07) is 1.36. The van der Waals surface area contributed by atoms with Gasteiger partial charge in [-0.25, -0.2) is 0 Å². The van der Waals surface area contributed by atoms with E-state index in [1.807, 2.05) is 0 Å². The van der Waals surface area contributed by atoms with Crippen LogP contribution >= 0.6 is 15.9 Å². The number of hydrogen-bond acceptors (Lipinski definition) is 2. The monoisotopic (exact) mass is 316 g/mol. The summed E-state index contributed by atoms with van der Waals surface area (Å²) in [5.74, 6) is 0.866. The van der Waals surface area contributed by atoms with Gasteiger partial charge in [-0.15, -0.1) is 0 Å². The van der Waals surface area contributed by atoms with Crippen LogP contribution in [0.2, 0.25) is 0 Å². The van der Waals surface area contributed by atoms with Crippen molar-refractivity contribution in [3.63, 3.8) is 0 Å². The van der Waals surface area contributed by atoms with Gasteiger partial charge >= 0.3 is 0 Å². The molecular weight excluding hydrogens is 292 g/mol. The molecule has 0 aromatic rings. The second-order valence-corrected chi connectivity index (χ2v) is 6.58. The van der Waals surface area contributed by atoms with Crippen LogP contribution in [0.1, 0.15) is 39.5 Å². The topological polar surface area (TPSA) is 23.6 Å². The summed E-state index contributed by atoms with van der Waals surface area (Å²) in [5, 5.41) is 0.950. The number of likely N-dealkylation sites (tertiary alicyclic amines) is 2. The van der Waals surface area contributed by atoms with Gasteiger partial charge in [0.2, 0.25) is 5.91 Å². The number of rotatable bonds is 4. The summed E-state index contributed by atoms with van der Waals surface area (Å²) in [6.45, 7) is 7.55. The van der Waals surface area contributed by atoms with Gasteiger partial charge in [0.25, 0.3) is 0 Å². The highest BCUT2D eigenvalue weighted by Gasteiger charge is 2.30. The molecule has 3 unspecified atom stereocenters. The molecule has 2 aliphatic rings. The molecular formula is C14H25BrN2O. The summed E-state index contributed by atoms with van der Waals surface area (Å²) in [4.78, 5) is 16.5. The van der Waals surface area contributed by atoms with Crippen LogP contribution in [-0.4, -0.2) is 52.8 Å². The van der Waals surface area contributed by atoms with Gasteiger partial charge in [0.1, 0.15) is 0 Å². The van der Waals surface area contributed by atoms with Gasteiger partial charge in [-0.2, -0.15) is 0 Å². The second kappa shape index (κ2) is 6.38. The molecule has 18 heavy (non-hydrogen) atoms. The molecule has 4 heteroatoms. The predicted molar refractivity (Wildman–Crippen MR) is 78.0 cm³/mol. The first-order valence-corrected chi connectivity index (χ1v) is 8.33. The lowest BCUT2D eigenvalue weighted by Crippen LogP contribution is -2.47. The Morgan fingerprint density at radius 1 is 1.22 bits per heavy atom. The van der Waals surface area contributed by atoms with Crippen molar-refractivity contribution < 1.29 is 4.79 Å². The Morgan fingerprint density at radius 2 is 1.89 bits per heavy atom. The van der Waals surface area contributed by atoms with Gasteiger partial charge in [-0.1, -0.05) is 22.4 Å². The fourth-order valence-corrected chi connectivity index (χ4v) is 3.76. The minimum absolute atomic E-state index is 0.344. The van der Waals surface area contributed by atoms with E-state index in [-0.39, 0.29) is 0 Å². The lowest BCUT2D eigenvalue weighted by Gasteiger charge is -2.39. The van der Waals surface area contributed by atoms with Gasteiger partial charge in [-0.3, -0.25) is 9.69 Å². The zero-order valence-corrected chi connectivity index (χ0v) is 13.2. The molecule has 0 aromatic carbocycles. The normalized spacial score (nSPS) is 34.3. The average Bonchev–Trinajstić information content (AvgIpc) is 2.70. The Hall–Kier alpha value is -0.0900. The van der Waals surface area contributed by atoms with Gasteiger partial charge < -0.3 is 4.90 Å². The van der Waals surface area contributed by atoms with Crippen molar-refractivity contribution in [3.05, 3.63) is 0 Å². The first-order chi connectivity index (χ1) is 8.61. The van der Waals surface area contributed by atoms with E-state index in [0.717, 1.165) is 31.4 Å². The molecule has 3 atom stereocenters. The van der Waals surface area contributed by atoms with Crippen LogP contribution in [0.5, 0.6) is 0 Å². The van der Waals surface area contributed by atoms with E-state index in [2.05, 4.69) is 39.6 Å². The molecule has 0 aromatic heterocycles. The van der Waals surface area contributed by atoms with Crippen LogP contribution in [0.15, 0.2) is 0 Å². The summed E-state index contributed by atoms with van der Waals surface area (Å²) in [5.41, 5.74) is 0. The van der Waals surface area contributed by atoms with Crippen molar-refractivity contribution in [2.45, 2.75) is 51.6 Å². The van der Waals surface area contributed by atoms with Crippen LogP contribution in [0.3, 0.4) is 0 Å². The van der Waals surface area contributed by atoms with E-state index in [1.54, 1.807) is 0 Å². The van der Waals surface area contributed by atoms with Crippen molar-refractivity contribution in [1.29, 1.82) is 0 Å². The number of carbonyl (C=O) groups excluding carboxylic acids is 1. The molecule has 2 fully saturated rings. The molecule has 3 nitrogen and oxygen atoms in total. The Balaban J connectivity index is 1.82. The molecule has 0 N–H and O–H groups in total. The van der Waals surface area contributed by atoms with Crippen LogP contribution in [0.25, 0.3) is 0 Å². The third-order valence-corrected chi connectivity index (χ3v) is 5.43. The second-order valence-electron chi connectivity index (χ2n) is 5.93. The zero-order chi connectivity index (χ0) is 13.1. The minimum Gasteiger partial charge on any atom is -0.341 e. The highest BCUT2D eigenvalue weighted by Crippen LogP contribution is 2.23. The predicted octanol–water partition coefficient (Wildman–Crippen LogP) is 2.49. The van der Waals surface area contributed by atoms with Crippen LogP contribution in [0, 0.1) is 5.92 Å². The Labute approximate surface area is 119 Å². The third-order valence-electron chi connectivity index (χ3n) is 4.52. The maximum Gasteiger partial charge on any atom is 0.222 e. The fraction of sp³-hybridized carbons (Fsp3) is 0.929. The molecule has 0 bridgehead atoms. The van der Waals surface area contributed by atoms with Crippen molar-refractivity contribution in [1.82, 2.24) is 9.80 Å². The highest BCUT2D eigenvalue weighted by atomic mass is 79.9. The smallest absolute Gasteiger partial charge is 0.222 e. The minimum atomic E-state index is 0.344. The Bertz CT molecular complexity index is 288.